The van der Waals surface area contributed by atoms with E-state index in [-0.39, 0.29) is 0 Å². The summed E-state index contributed by atoms with van der Waals surface area (Å²) in [5, 5.41) is 1.35. The smallest absolute Gasteiger partial charge is 0.0507 e. The fourth-order valence-corrected chi connectivity index (χ4v) is 2.68. The summed E-state index contributed by atoms with van der Waals surface area (Å²) in [4.78, 5) is 0. The summed E-state index contributed by atoms with van der Waals surface area (Å²) in [6.07, 6.45) is 1.37. The third-order valence-corrected chi connectivity index (χ3v) is 4.01. The second-order valence-corrected chi connectivity index (χ2v) is 5.54. The lowest BCUT2D eigenvalue weighted by Crippen LogP contribution is -2.06. The highest BCUT2D eigenvalue weighted by Crippen LogP contribution is 2.23. The van der Waals surface area contributed by atoms with Crippen LogP contribution in [0.25, 0.3) is 0 Å². The predicted octanol–water partition coefficient (Wildman–Crippen LogP) is 3.96. The van der Waals surface area contributed by atoms with E-state index >= 15 is 0 Å². The number of hydrogen-bond donors (Lipinski definition) is 2. The summed E-state index contributed by atoms with van der Waals surface area (Å²) in [6.45, 7) is 1.11. The van der Waals surface area contributed by atoms with Crippen molar-refractivity contribution < 1.29 is 4.74 Å². The molecule has 0 saturated carbocycles. The van der Waals surface area contributed by atoms with Crippen molar-refractivity contribution in [1.29, 1.82) is 0 Å². The average Bonchev–Trinajstić information content (AvgIpc) is 2.44. The molecule has 0 aliphatic carbocycles. The van der Waals surface area contributed by atoms with Gasteiger partial charge in [-0.3, -0.25) is 0 Å². The molecule has 112 valence electrons. The Bertz CT molecular complexity index is 523. The molecular weight excluding hydrogens is 307 g/mol. The third-order valence-electron chi connectivity index (χ3n) is 3.30. The van der Waals surface area contributed by atoms with Crippen LogP contribution < -0.4 is 11.5 Å². The molecule has 4 N–H and O–H groups in total. The van der Waals surface area contributed by atoms with Gasteiger partial charge in [-0.2, -0.15) is 0 Å². The molecule has 0 bridgehead atoms. The molecule has 0 atom stereocenters. The molecule has 0 amide bonds. The number of nitrogens with two attached hydrogens (primary N) is 2. The molecule has 5 heteroatoms. The summed E-state index contributed by atoms with van der Waals surface area (Å²) in [5.41, 5.74) is 15.0. The Morgan fingerprint density at radius 3 is 1.57 bits per heavy atom. The molecule has 0 heterocycles. The Labute approximate surface area is 134 Å². The first-order valence-corrected chi connectivity index (χ1v) is 7.48. The van der Waals surface area contributed by atoms with Gasteiger partial charge in [0, 0.05) is 21.4 Å². The van der Waals surface area contributed by atoms with Gasteiger partial charge in [0.25, 0.3) is 0 Å². The van der Waals surface area contributed by atoms with E-state index in [1.807, 2.05) is 36.4 Å². The van der Waals surface area contributed by atoms with Gasteiger partial charge in [0.2, 0.25) is 0 Å². The topological polar surface area (TPSA) is 61.3 Å². The number of rotatable bonds is 6. The minimum Gasteiger partial charge on any atom is -0.398 e. The summed E-state index contributed by atoms with van der Waals surface area (Å²) < 4.78 is 5.63. The minimum atomic E-state index is 0.554. The van der Waals surface area contributed by atoms with E-state index < -0.39 is 0 Å². The summed E-state index contributed by atoms with van der Waals surface area (Å²) in [6, 6.07) is 11.0. The molecule has 0 aromatic heterocycles. The van der Waals surface area contributed by atoms with Gasteiger partial charge in [-0.1, -0.05) is 35.3 Å². The number of anilines is 2. The lowest BCUT2D eigenvalue weighted by molar-refractivity contribution is 0.140. The van der Waals surface area contributed by atoms with Gasteiger partial charge in [-0.05, 0) is 48.2 Å². The van der Waals surface area contributed by atoms with E-state index in [1.165, 1.54) is 0 Å². The Balaban J connectivity index is 1.81. The predicted molar refractivity (Wildman–Crippen MR) is 90.0 cm³/mol. The standard InChI is InChI=1S/C16H18Cl2N2O/c17-13-3-1-5-15(19)11(13)7-9-21-10-8-12-14(18)4-2-6-16(12)20/h1-6H,7-10,19-20H2. The molecule has 0 fully saturated rings. The lowest BCUT2D eigenvalue weighted by Gasteiger charge is -2.10. The van der Waals surface area contributed by atoms with Crippen LogP contribution in [0.2, 0.25) is 10.0 Å². The number of ether oxygens (including phenoxy) is 1. The van der Waals surface area contributed by atoms with Crippen LogP contribution in [-0.4, -0.2) is 13.2 Å². The zero-order chi connectivity index (χ0) is 15.2. The van der Waals surface area contributed by atoms with Crippen molar-refractivity contribution in [1.82, 2.24) is 0 Å². The van der Waals surface area contributed by atoms with Crippen LogP contribution in [0.4, 0.5) is 11.4 Å². The van der Waals surface area contributed by atoms with E-state index in [9.17, 15) is 0 Å². The first-order chi connectivity index (χ1) is 10.1. The van der Waals surface area contributed by atoms with Crippen molar-refractivity contribution in [3.8, 4) is 0 Å². The molecule has 0 saturated heterocycles. The van der Waals surface area contributed by atoms with Gasteiger partial charge in [-0.15, -0.1) is 0 Å². The molecule has 0 aliphatic rings. The molecule has 3 nitrogen and oxygen atoms in total. The Morgan fingerprint density at radius 2 is 1.19 bits per heavy atom. The van der Waals surface area contributed by atoms with Crippen molar-refractivity contribution in [2.45, 2.75) is 12.8 Å². The van der Waals surface area contributed by atoms with Crippen LogP contribution in [-0.2, 0) is 17.6 Å². The second kappa shape index (κ2) is 7.55. The Hall–Kier alpha value is -1.42. The van der Waals surface area contributed by atoms with Crippen molar-refractivity contribution in [2.75, 3.05) is 24.7 Å². The van der Waals surface area contributed by atoms with Crippen LogP contribution in [0, 0.1) is 0 Å². The highest BCUT2D eigenvalue weighted by molar-refractivity contribution is 6.32. The first-order valence-electron chi connectivity index (χ1n) is 6.73. The van der Waals surface area contributed by atoms with Crippen LogP contribution in [0.5, 0.6) is 0 Å². The molecular formula is C16H18Cl2N2O. The van der Waals surface area contributed by atoms with Crippen LogP contribution >= 0.6 is 23.2 Å². The van der Waals surface area contributed by atoms with Crippen LogP contribution in [0.15, 0.2) is 36.4 Å². The monoisotopic (exact) mass is 324 g/mol. The maximum atomic E-state index is 6.11. The van der Waals surface area contributed by atoms with Crippen LogP contribution in [0.3, 0.4) is 0 Å². The average molecular weight is 325 g/mol. The first kappa shape index (κ1) is 16.0. The SMILES string of the molecule is Nc1cccc(Cl)c1CCOCCc1c(N)cccc1Cl. The normalized spacial score (nSPS) is 10.8. The Morgan fingerprint density at radius 1 is 0.762 bits per heavy atom. The Kier molecular flexibility index (Phi) is 5.74. The fraction of sp³-hybridized carbons (Fsp3) is 0.250. The maximum Gasteiger partial charge on any atom is 0.0507 e. The van der Waals surface area contributed by atoms with Gasteiger partial charge in [-0.25, -0.2) is 0 Å². The zero-order valence-electron chi connectivity index (χ0n) is 11.6. The zero-order valence-corrected chi connectivity index (χ0v) is 13.1. The van der Waals surface area contributed by atoms with Crippen molar-refractivity contribution in [3.63, 3.8) is 0 Å². The molecule has 0 spiro atoms. The minimum absolute atomic E-state index is 0.554. The van der Waals surface area contributed by atoms with E-state index in [2.05, 4.69) is 0 Å². The molecule has 21 heavy (non-hydrogen) atoms. The third kappa shape index (κ3) is 4.27. The number of hydrogen-bond acceptors (Lipinski definition) is 3. The van der Waals surface area contributed by atoms with E-state index in [1.54, 1.807) is 0 Å². The second-order valence-electron chi connectivity index (χ2n) is 4.73. The quantitative estimate of drug-likeness (QED) is 0.624. The van der Waals surface area contributed by atoms with Gasteiger partial charge in [0.1, 0.15) is 0 Å². The summed E-state index contributed by atoms with van der Waals surface area (Å²) in [7, 11) is 0. The maximum absolute atomic E-state index is 6.11. The van der Waals surface area contributed by atoms with E-state index in [0.29, 0.717) is 47.5 Å². The molecule has 2 rings (SSSR count). The fourth-order valence-electron chi connectivity index (χ4n) is 2.13. The van der Waals surface area contributed by atoms with Gasteiger partial charge < -0.3 is 16.2 Å². The van der Waals surface area contributed by atoms with Crippen molar-refractivity contribution in [3.05, 3.63) is 57.6 Å². The largest absolute Gasteiger partial charge is 0.398 e. The van der Waals surface area contributed by atoms with Crippen molar-refractivity contribution in [2.24, 2.45) is 0 Å². The highest BCUT2D eigenvalue weighted by Gasteiger charge is 2.06. The molecule has 2 aromatic rings. The summed E-state index contributed by atoms with van der Waals surface area (Å²) in [5.74, 6) is 0. The molecule has 0 aliphatic heterocycles. The van der Waals surface area contributed by atoms with Gasteiger partial charge >= 0.3 is 0 Å². The van der Waals surface area contributed by atoms with Gasteiger partial charge in [0.15, 0.2) is 0 Å². The lowest BCUT2D eigenvalue weighted by atomic mass is 10.1. The number of benzene rings is 2. The van der Waals surface area contributed by atoms with E-state index in [4.69, 9.17) is 39.4 Å². The molecule has 2 aromatic carbocycles. The molecule has 0 unspecified atom stereocenters. The summed E-state index contributed by atoms with van der Waals surface area (Å²) >= 11 is 12.2. The van der Waals surface area contributed by atoms with Crippen molar-refractivity contribution >= 4 is 34.6 Å². The van der Waals surface area contributed by atoms with Crippen LogP contribution in [0.1, 0.15) is 11.1 Å². The highest BCUT2D eigenvalue weighted by atomic mass is 35.5. The van der Waals surface area contributed by atoms with Gasteiger partial charge in [0.05, 0.1) is 13.2 Å². The van der Waals surface area contributed by atoms with E-state index in [0.717, 1.165) is 11.1 Å². The number of nitrogen functional groups attached to an aromatic ring is 2. The number of halogens is 2. The molecule has 0 radical (unpaired) electrons.